The molecule has 1 heterocycles. The van der Waals surface area contributed by atoms with Crippen molar-refractivity contribution >= 4 is 5.97 Å². The normalized spacial score (nSPS) is 39.9. The average molecular weight is 453 g/mol. The Hall–Kier alpha value is -1.84. The number of fused-ring (bicyclic) bond motifs is 5. The predicted molar refractivity (Wildman–Crippen MR) is 129 cm³/mol. The molecule has 1 aromatic heterocycles. The van der Waals surface area contributed by atoms with E-state index in [0.29, 0.717) is 35.5 Å². The summed E-state index contributed by atoms with van der Waals surface area (Å²) in [7, 11) is 0. The molecule has 7 unspecified atom stereocenters. The van der Waals surface area contributed by atoms with Crippen molar-refractivity contribution in [3.05, 3.63) is 46.0 Å². The Kier molecular flexibility index (Phi) is 5.86. The molecule has 4 aliphatic rings. The summed E-state index contributed by atoms with van der Waals surface area (Å²) in [5.41, 5.74) is 3.11. The van der Waals surface area contributed by atoms with Crippen molar-refractivity contribution in [3.63, 3.8) is 0 Å². The van der Waals surface area contributed by atoms with Crippen LogP contribution >= 0.6 is 0 Å². The van der Waals surface area contributed by atoms with Gasteiger partial charge in [0, 0.05) is 12.5 Å². The lowest BCUT2D eigenvalue weighted by Gasteiger charge is -2.59. The van der Waals surface area contributed by atoms with Crippen LogP contribution in [0, 0.1) is 34.5 Å². The fourth-order valence-electron chi connectivity index (χ4n) is 8.29. The van der Waals surface area contributed by atoms with Gasteiger partial charge in [-0.1, -0.05) is 39.3 Å². The number of ether oxygens (including phenoxy) is 1. The third-order valence-electron chi connectivity index (χ3n) is 10.0. The first-order valence-electron chi connectivity index (χ1n) is 13.2. The first-order valence-corrected chi connectivity index (χ1v) is 13.2. The van der Waals surface area contributed by atoms with Crippen LogP contribution in [0.1, 0.15) is 97.0 Å². The molecule has 1 aromatic rings. The molecule has 5 rings (SSSR count). The number of hydrogen-bond donors (Lipinski definition) is 0. The van der Waals surface area contributed by atoms with Gasteiger partial charge < -0.3 is 9.15 Å². The summed E-state index contributed by atoms with van der Waals surface area (Å²) in [6.07, 6.45) is 14.2. The topological polar surface area (TPSA) is 56.5 Å². The Labute approximate surface area is 198 Å². The number of esters is 1. The van der Waals surface area contributed by atoms with E-state index in [0.717, 1.165) is 25.2 Å². The van der Waals surface area contributed by atoms with E-state index in [1.54, 1.807) is 17.9 Å². The standard InChI is InChI=1S/C29H40O4/c1-18(2)15-27(31)33-21-11-13-28(3)20(16-21)6-7-22-24-9-8-23(19-5-10-26(30)32-17-19)29(24,4)14-12-25(22)28/h5,9-10,17-18,20-23,25H,6-8,11-16H2,1-4H3. The summed E-state index contributed by atoms with van der Waals surface area (Å²) < 4.78 is 11.1. The number of hydrogen-bond acceptors (Lipinski definition) is 4. The van der Waals surface area contributed by atoms with Crippen LogP contribution in [0.15, 0.2) is 39.3 Å². The van der Waals surface area contributed by atoms with Crippen molar-refractivity contribution in [1.82, 2.24) is 0 Å². The van der Waals surface area contributed by atoms with E-state index in [9.17, 15) is 9.59 Å². The summed E-state index contributed by atoms with van der Waals surface area (Å²) >= 11 is 0. The van der Waals surface area contributed by atoms with E-state index in [2.05, 4.69) is 33.8 Å². The quantitative estimate of drug-likeness (QED) is 0.379. The highest BCUT2D eigenvalue weighted by Gasteiger charge is 2.58. The molecular formula is C29H40O4. The molecule has 4 nitrogen and oxygen atoms in total. The Morgan fingerprint density at radius 1 is 1.15 bits per heavy atom. The number of allylic oxidation sites excluding steroid dienone is 2. The molecule has 33 heavy (non-hydrogen) atoms. The van der Waals surface area contributed by atoms with Gasteiger partial charge in [-0.05, 0) is 103 Å². The minimum absolute atomic E-state index is 0.0142. The maximum atomic E-state index is 12.3. The summed E-state index contributed by atoms with van der Waals surface area (Å²) in [6, 6.07) is 3.55. The van der Waals surface area contributed by atoms with Crippen LogP contribution in [-0.4, -0.2) is 12.1 Å². The Morgan fingerprint density at radius 3 is 2.70 bits per heavy atom. The maximum Gasteiger partial charge on any atom is 0.335 e. The highest BCUT2D eigenvalue weighted by atomic mass is 16.5. The minimum atomic E-state index is -0.268. The van der Waals surface area contributed by atoms with Gasteiger partial charge in [-0.3, -0.25) is 4.79 Å². The summed E-state index contributed by atoms with van der Waals surface area (Å²) in [4.78, 5) is 23.7. The third kappa shape index (κ3) is 3.91. The Balaban J connectivity index is 1.31. The molecular weight excluding hydrogens is 412 g/mol. The van der Waals surface area contributed by atoms with Crippen molar-refractivity contribution in [2.75, 3.05) is 0 Å². The lowest BCUT2D eigenvalue weighted by Crippen LogP contribution is -2.52. The molecule has 0 radical (unpaired) electrons. The van der Waals surface area contributed by atoms with Crippen LogP contribution in [0.3, 0.4) is 0 Å². The molecule has 0 amide bonds. The fourth-order valence-corrected chi connectivity index (χ4v) is 8.29. The van der Waals surface area contributed by atoms with E-state index >= 15 is 0 Å². The van der Waals surface area contributed by atoms with Gasteiger partial charge in [0.15, 0.2) is 0 Å². The van der Waals surface area contributed by atoms with E-state index < -0.39 is 0 Å². The van der Waals surface area contributed by atoms with Gasteiger partial charge in [0.25, 0.3) is 0 Å². The fraction of sp³-hybridized carbons (Fsp3) is 0.724. The van der Waals surface area contributed by atoms with Crippen LogP contribution in [0.25, 0.3) is 0 Å². The smallest absolute Gasteiger partial charge is 0.335 e. The second-order valence-corrected chi connectivity index (χ2v) is 12.3. The number of rotatable bonds is 4. The van der Waals surface area contributed by atoms with Crippen LogP contribution in [0.5, 0.6) is 0 Å². The van der Waals surface area contributed by atoms with Gasteiger partial charge in [0.1, 0.15) is 6.10 Å². The average Bonchev–Trinajstić information content (AvgIpc) is 3.11. The molecule has 3 saturated carbocycles. The summed E-state index contributed by atoms with van der Waals surface area (Å²) in [5.74, 6) is 2.82. The molecule has 0 aromatic carbocycles. The number of carbonyl (C=O) groups is 1. The van der Waals surface area contributed by atoms with Gasteiger partial charge in [-0.25, -0.2) is 4.79 Å². The molecule has 0 saturated heterocycles. The van der Waals surface area contributed by atoms with Crippen molar-refractivity contribution in [2.45, 2.75) is 97.5 Å². The second kappa shape index (κ2) is 8.43. The van der Waals surface area contributed by atoms with Crippen molar-refractivity contribution in [1.29, 1.82) is 0 Å². The van der Waals surface area contributed by atoms with Gasteiger partial charge in [-0.2, -0.15) is 0 Å². The van der Waals surface area contributed by atoms with E-state index in [1.165, 1.54) is 37.7 Å². The highest BCUT2D eigenvalue weighted by molar-refractivity contribution is 5.69. The van der Waals surface area contributed by atoms with Gasteiger partial charge >= 0.3 is 11.6 Å². The predicted octanol–water partition coefficient (Wildman–Crippen LogP) is 6.64. The van der Waals surface area contributed by atoms with Gasteiger partial charge in [-0.15, -0.1) is 0 Å². The van der Waals surface area contributed by atoms with Crippen molar-refractivity contribution in [2.24, 2.45) is 34.5 Å². The monoisotopic (exact) mass is 452 g/mol. The van der Waals surface area contributed by atoms with Crippen LogP contribution in [0.4, 0.5) is 0 Å². The molecule has 4 aliphatic carbocycles. The molecule has 7 atom stereocenters. The second-order valence-electron chi connectivity index (χ2n) is 12.3. The van der Waals surface area contributed by atoms with E-state index in [-0.39, 0.29) is 23.1 Å². The zero-order valence-corrected chi connectivity index (χ0v) is 20.8. The summed E-state index contributed by atoms with van der Waals surface area (Å²) in [5, 5.41) is 0. The Morgan fingerprint density at radius 2 is 1.97 bits per heavy atom. The first-order chi connectivity index (χ1) is 15.7. The van der Waals surface area contributed by atoms with Crippen LogP contribution in [0.2, 0.25) is 0 Å². The minimum Gasteiger partial charge on any atom is -0.462 e. The van der Waals surface area contributed by atoms with E-state index in [1.807, 2.05) is 6.07 Å². The zero-order chi connectivity index (χ0) is 23.4. The van der Waals surface area contributed by atoms with Crippen molar-refractivity contribution < 1.29 is 13.9 Å². The molecule has 0 spiro atoms. The highest BCUT2D eigenvalue weighted by Crippen LogP contribution is 2.67. The van der Waals surface area contributed by atoms with Gasteiger partial charge in [0.2, 0.25) is 0 Å². The SMILES string of the molecule is CC(C)CC(=O)OC1CCC2(C)C(CCC3C4=CCC(c5ccc(=O)oc5)C4(C)CCC32)C1. The van der Waals surface area contributed by atoms with Crippen molar-refractivity contribution in [3.8, 4) is 0 Å². The Bertz CT molecular complexity index is 969. The molecule has 3 fully saturated rings. The van der Waals surface area contributed by atoms with Crippen LogP contribution < -0.4 is 5.63 Å². The van der Waals surface area contributed by atoms with E-state index in [4.69, 9.17) is 9.15 Å². The molecule has 180 valence electrons. The summed E-state index contributed by atoms with van der Waals surface area (Å²) in [6.45, 7) is 9.15. The molecule has 0 N–H and O–H groups in total. The third-order valence-corrected chi connectivity index (χ3v) is 10.0. The lowest BCUT2D eigenvalue weighted by atomic mass is 9.46. The molecule has 0 aliphatic heterocycles. The van der Waals surface area contributed by atoms with Gasteiger partial charge in [0.05, 0.1) is 6.26 Å². The molecule has 4 heteroatoms. The maximum absolute atomic E-state index is 12.3. The molecule has 0 bridgehead atoms. The lowest BCUT2D eigenvalue weighted by molar-refractivity contribution is -0.158. The largest absolute Gasteiger partial charge is 0.462 e. The first kappa shape index (κ1) is 22.9. The number of carbonyl (C=O) groups excluding carboxylic acids is 1. The zero-order valence-electron chi connectivity index (χ0n) is 20.8. The van der Waals surface area contributed by atoms with Crippen LogP contribution in [-0.2, 0) is 9.53 Å².